The van der Waals surface area contributed by atoms with E-state index in [-0.39, 0.29) is 12.2 Å². The lowest BCUT2D eigenvalue weighted by molar-refractivity contribution is 0.0990. The standard InChI is InChI=1S/C16H11ClF2O2/c17-11-7-10-3-4-21-16(10)12(8-11)15(20)6-9-1-2-13(18)14(19)5-9/h1-2,5,7-8H,3-4,6H2. The van der Waals surface area contributed by atoms with Crippen molar-refractivity contribution in [1.29, 1.82) is 0 Å². The van der Waals surface area contributed by atoms with E-state index in [9.17, 15) is 13.6 Å². The number of fused-ring (bicyclic) bond motifs is 1. The summed E-state index contributed by atoms with van der Waals surface area (Å²) in [6, 6.07) is 6.75. The van der Waals surface area contributed by atoms with Crippen molar-refractivity contribution in [2.45, 2.75) is 12.8 Å². The Hall–Kier alpha value is -1.94. The Morgan fingerprint density at radius 1 is 1.19 bits per heavy atom. The summed E-state index contributed by atoms with van der Waals surface area (Å²) in [6.45, 7) is 0.515. The van der Waals surface area contributed by atoms with E-state index < -0.39 is 11.6 Å². The summed E-state index contributed by atoms with van der Waals surface area (Å²) < 4.78 is 31.6. The van der Waals surface area contributed by atoms with E-state index in [0.29, 0.717) is 34.9 Å². The molecule has 0 atom stereocenters. The molecule has 2 nitrogen and oxygen atoms in total. The lowest BCUT2D eigenvalue weighted by Crippen LogP contribution is -2.06. The summed E-state index contributed by atoms with van der Waals surface area (Å²) in [6.07, 6.45) is 0.675. The van der Waals surface area contributed by atoms with Crippen LogP contribution in [0.3, 0.4) is 0 Å². The number of ether oxygens (including phenoxy) is 1. The summed E-state index contributed by atoms with van der Waals surface area (Å²) in [5, 5.41) is 0.466. The van der Waals surface area contributed by atoms with Gasteiger partial charge >= 0.3 is 0 Å². The minimum atomic E-state index is -0.965. The molecule has 1 aliphatic rings. The monoisotopic (exact) mass is 308 g/mol. The number of carbonyl (C=O) groups excluding carboxylic acids is 1. The molecule has 21 heavy (non-hydrogen) atoms. The van der Waals surface area contributed by atoms with E-state index in [1.807, 2.05) is 0 Å². The van der Waals surface area contributed by atoms with Gasteiger partial charge in [0.05, 0.1) is 12.2 Å². The first-order valence-electron chi connectivity index (χ1n) is 6.47. The van der Waals surface area contributed by atoms with Crippen LogP contribution in [0, 0.1) is 11.6 Å². The van der Waals surface area contributed by atoms with Crippen molar-refractivity contribution in [2.75, 3.05) is 6.61 Å². The molecule has 0 radical (unpaired) electrons. The fourth-order valence-corrected chi connectivity index (χ4v) is 2.65. The van der Waals surface area contributed by atoms with Crippen molar-refractivity contribution >= 4 is 17.4 Å². The highest BCUT2D eigenvalue weighted by atomic mass is 35.5. The Morgan fingerprint density at radius 3 is 2.76 bits per heavy atom. The average Bonchev–Trinajstić information content (AvgIpc) is 2.90. The molecular weight excluding hydrogens is 298 g/mol. The van der Waals surface area contributed by atoms with Crippen LogP contribution in [0.5, 0.6) is 5.75 Å². The fourth-order valence-electron chi connectivity index (χ4n) is 2.41. The van der Waals surface area contributed by atoms with Gasteiger partial charge in [0.1, 0.15) is 5.75 Å². The Kier molecular flexibility index (Phi) is 3.64. The molecule has 108 valence electrons. The molecule has 2 aromatic rings. The van der Waals surface area contributed by atoms with Crippen molar-refractivity contribution in [2.24, 2.45) is 0 Å². The molecule has 1 aliphatic heterocycles. The van der Waals surface area contributed by atoms with Crippen LogP contribution in [0.1, 0.15) is 21.5 Å². The van der Waals surface area contributed by atoms with Crippen LogP contribution in [0.2, 0.25) is 5.02 Å². The number of carbonyl (C=O) groups is 1. The van der Waals surface area contributed by atoms with Gasteiger partial charge in [0, 0.05) is 17.9 Å². The largest absolute Gasteiger partial charge is 0.492 e. The molecule has 3 rings (SSSR count). The number of Topliss-reactive ketones (excluding diaryl/α,β-unsaturated/α-hetero) is 1. The molecule has 1 heterocycles. The van der Waals surface area contributed by atoms with Crippen molar-refractivity contribution < 1.29 is 18.3 Å². The molecule has 0 bridgehead atoms. The number of rotatable bonds is 3. The van der Waals surface area contributed by atoms with Gasteiger partial charge in [0.15, 0.2) is 17.4 Å². The molecule has 0 N–H and O–H groups in total. The zero-order chi connectivity index (χ0) is 15.0. The molecule has 0 fully saturated rings. The Balaban J connectivity index is 1.91. The second-order valence-electron chi connectivity index (χ2n) is 4.89. The second-order valence-corrected chi connectivity index (χ2v) is 5.32. The van der Waals surface area contributed by atoms with Crippen LogP contribution in [0.4, 0.5) is 8.78 Å². The van der Waals surface area contributed by atoms with Crippen LogP contribution < -0.4 is 4.74 Å². The van der Waals surface area contributed by atoms with Gasteiger partial charge in [0.25, 0.3) is 0 Å². The van der Waals surface area contributed by atoms with Gasteiger partial charge in [-0.3, -0.25) is 4.79 Å². The van der Waals surface area contributed by atoms with Gasteiger partial charge in [-0.25, -0.2) is 8.78 Å². The van der Waals surface area contributed by atoms with Gasteiger partial charge in [-0.05, 0) is 35.4 Å². The Morgan fingerprint density at radius 2 is 2.00 bits per heavy atom. The van der Waals surface area contributed by atoms with Crippen LogP contribution in [-0.4, -0.2) is 12.4 Å². The molecule has 0 amide bonds. The van der Waals surface area contributed by atoms with Crippen molar-refractivity contribution in [3.63, 3.8) is 0 Å². The highest BCUT2D eigenvalue weighted by molar-refractivity contribution is 6.31. The third-order valence-corrected chi connectivity index (χ3v) is 3.62. The van der Waals surface area contributed by atoms with Crippen LogP contribution in [0.25, 0.3) is 0 Å². The zero-order valence-electron chi connectivity index (χ0n) is 11.0. The quantitative estimate of drug-likeness (QED) is 0.802. The summed E-state index contributed by atoms with van der Waals surface area (Å²) in [4.78, 5) is 12.4. The van der Waals surface area contributed by atoms with Crippen molar-refractivity contribution in [3.8, 4) is 5.75 Å². The predicted molar refractivity (Wildman–Crippen MR) is 75.0 cm³/mol. The molecule has 0 saturated carbocycles. The highest BCUT2D eigenvalue weighted by Gasteiger charge is 2.22. The maximum Gasteiger partial charge on any atom is 0.171 e. The summed E-state index contributed by atoms with van der Waals surface area (Å²) in [7, 11) is 0. The predicted octanol–water partition coefficient (Wildman–Crippen LogP) is 3.98. The first kappa shape index (κ1) is 14.0. The minimum absolute atomic E-state index is 0.0344. The SMILES string of the molecule is O=C(Cc1ccc(F)c(F)c1)c1cc(Cl)cc2c1OCC2. The summed E-state index contributed by atoms with van der Waals surface area (Å²) in [5.74, 6) is -1.58. The topological polar surface area (TPSA) is 26.3 Å². The van der Waals surface area contributed by atoms with Crippen molar-refractivity contribution in [1.82, 2.24) is 0 Å². The smallest absolute Gasteiger partial charge is 0.171 e. The van der Waals surface area contributed by atoms with E-state index in [4.69, 9.17) is 16.3 Å². The first-order chi connectivity index (χ1) is 10.0. The second kappa shape index (κ2) is 5.45. The normalized spacial score (nSPS) is 12.9. The number of benzene rings is 2. The van der Waals surface area contributed by atoms with Gasteiger partial charge in [-0.1, -0.05) is 17.7 Å². The van der Waals surface area contributed by atoms with E-state index in [2.05, 4.69) is 0 Å². The molecule has 0 saturated heterocycles. The average molecular weight is 309 g/mol. The lowest BCUT2D eigenvalue weighted by atomic mass is 9.99. The Bertz CT molecular complexity index is 728. The van der Waals surface area contributed by atoms with E-state index >= 15 is 0 Å². The van der Waals surface area contributed by atoms with Crippen LogP contribution in [0.15, 0.2) is 30.3 Å². The molecule has 0 spiro atoms. The van der Waals surface area contributed by atoms with Gasteiger partial charge in [-0.2, -0.15) is 0 Å². The zero-order valence-corrected chi connectivity index (χ0v) is 11.7. The maximum absolute atomic E-state index is 13.2. The summed E-state index contributed by atoms with van der Waals surface area (Å²) >= 11 is 6.00. The van der Waals surface area contributed by atoms with Crippen LogP contribution in [-0.2, 0) is 12.8 Å². The lowest BCUT2D eigenvalue weighted by Gasteiger charge is -2.08. The molecular formula is C16H11ClF2O2. The minimum Gasteiger partial charge on any atom is -0.492 e. The van der Waals surface area contributed by atoms with Gasteiger partial charge in [-0.15, -0.1) is 0 Å². The van der Waals surface area contributed by atoms with E-state index in [1.54, 1.807) is 12.1 Å². The highest BCUT2D eigenvalue weighted by Crippen LogP contribution is 2.33. The third-order valence-electron chi connectivity index (χ3n) is 3.40. The molecule has 0 aliphatic carbocycles. The number of halogens is 3. The molecule has 5 heteroatoms. The summed E-state index contributed by atoms with van der Waals surface area (Å²) in [5.41, 5.74) is 1.70. The molecule has 0 unspecified atom stereocenters. The number of ketones is 1. The van der Waals surface area contributed by atoms with E-state index in [0.717, 1.165) is 17.7 Å². The van der Waals surface area contributed by atoms with Gasteiger partial charge < -0.3 is 4.74 Å². The molecule has 0 aromatic heterocycles. The number of hydrogen-bond donors (Lipinski definition) is 0. The Labute approximate surface area is 125 Å². The fraction of sp³-hybridized carbons (Fsp3) is 0.188. The van der Waals surface area contributed by atoms with Crippen LogP contribution >= 0.6 is 11.6 Å². The van der Waals surface area contributed by atoms with E-state index in [1.165, 1.54) is 6.07 Å². The van der Waals surface area contributed by atoms with Gasteiger partial charge in [0.2, 0.25) is 0 Å². The molecule has 2 aromatic carbocycles. The first-order valence-corrected chi connectivity index (χ1v) is 6.85. The maximum atomic E-state index is 13.2. The number of hydrogen-bond acceptors (Lipinski definition) is 2. The van der Waals surface area contributed by atoms with Crippen molar-refractivity contribution in [3.05, 3.63) is 63.7 Å². The third kappa shape index (κ3) is 2.76.